The number of carbonyl (C=O) groups is 2. The van der Waals surface area contributed by atoms with E-state index in [9.17, 15) is 14.0 Å². The van der Waals surface area contributed by atoms with Gasteiger partial charge in [0.1, 0.15) is 6.61 Å². The highest BCUT2D eigenvalue weighted by Gasteiger charge is 2.09. The van der Waals surface area contributed by atoms with Gasteiger partial charge in [-0.3, -0.25) is 4.79 Å². The minimum Gasteiger partial charge on any atom is -0.461 e. The number of hydrogen-bond donors (Lipinski definition) is 0. The van der Waals surface area contributed by atoms with E-state index in [1.165, 1.54) is 25.3 Å². The summed E-state index contributed by atoms with van der Waals surface area (Å²) in [6.45, 7) is 1.26. The molecule has 0 radical (unpaired) electrons. The molecule has 1 aromatic carbocycles. The first-order chi connectivity index (χ1) is 8.02. The second-order valence-corrected chi connectivity index (χ2v) is 3.84. The number of hydrogen-bond acceptors (Lipinski definition) is 5. The number of ether oxygens (including phenoxy) is 2. The van der Waals surface area contributed by atoms with Crippen LogP contribution in [0.1, 0.15) is 12.5 Å². The van der Waals surface area contributed by atoms with Crippen molar-refractivity contribution in [3.63, 3.8) is 0 Å². The van der Waals surface area contributed by atoms with Crippen molar-refractivity contribution < 1.29 is 23.5 Å². The lowest BCUT2D eigenvalue weighted by molar-refractivity contribution is -0.142. The Bertz CT molecular complexity index is 433. The quantitative estimate of drug-likeness (QED) is 0.780. The summed E-state index contributed by atoms with van der Waals surface area (Å²) in [5.41, 5.74) is 0.488. The Kier molecular flexibility index (Phi) is 4.96. The number of thioether (sulfide) groups is 1. The molecule has 0 fully saturated rings. The molecule has 0 unspecified atom stereocenters. The first-order valence-electron chi connectivity index (χ1n) is 4.70. The lowest BCUT2D eigenvalue weighted by Crippen LogP contribution is -2.03. The molecule has 0 saturated heterocycles. The number of halogens is 1. The van der Waals surface area contributed by atoms with Crippen LogP contribution < -0.4 is 4.74 Å². The van der Waals surface area contributed by atoms with Gasteiger partial charge in [-0.2, -0.15) is 0 Å². The number of benzene rings is 1. The van der Waals surface area contributed by atoms with Gasteiger partial charge in [-0.1, -0.05) is 6.07 Å². The molecule has 0 aliphatic heterocycles. The Morgan fingerprint density at radius 2 is 2.12 bits per heavy atom. The van der Waals surface area contributed by atoms with E-state index in [1.54, 1.807) is 0 Å². The van der Waals surface area contributed by atoms with Crippen molar-refractivity contribution >= 4 is 23.0 Å². The number of esters is 1. The van der Waals surface area contributed by atoms with Crippen molar-refractivity contribution in [3.8, 4) is 5.75 Å². The fourth-order valence-corrected chi connectivity index (χ4v) is 1.21. The molecule has 0 aromatic heterocycles. The maximum absolute atomic E-state index is 13.4. The predicted molar refractivity (Wildman–Crippen MR) is 61.4 cm³/mol. The fourth-order valence-electron chi connectivity index (χ4n) is 1.03. The van der Waals surface area contributed by atoms with Crippen LogP contribution >= 0.6 is 11.8 Å². The highest BCUT2D eigenvalue weighted by molar-refractivity contribution is 8.12. The smallest absolute Gasteiger partial charge is 0.372 e. The van der Waals surface area contributed by atoms with E-state index in [1.807, 2.05) is 0 Å². The van der Waals surface area contributed by atoms with Crippen LogP contribution in [0.15, 0.2) is 18.2 Å². The molecular formula is C11H11FO4S. The van der Waals surface area contributed by atoms with Crippen molar-refractivity contribution in [2.24, 2.45) is 0 Å². The van der Waals surface area contributed by atoms with Gasteiger partial charge < -0.3 is 9.47 Å². The Morgan fingerprint density at radius 1 is 1.41 bits per heavy atom. The summed E-state index contributed by atoms with van der Waals surface area (Å²) in [5, 5.41) is -0.586. The molecular weight excluding hydrogens is 247 g/mol. The molecule has 4 nitrogen and oxygen atoms in total. The maximum atomic E-state index is 13.4. The summed E-state index contributed by atoms with van der Waals surface area (Å²) < 4.78 is 22.9. The second-order valence-electron chi connectivity index (χ2n) is 3.10. The van der Waals surface area contributed by atoms with E-state index in [0.717, 1.165) is 17.8 Å². The molecule has 0 bridgehead atoms. The van der Waals surface area contributed by atoms with E-state index >= 15 is 0 Å². The normalized spacial score (nSPS) is 9.82. The van der Waals surface area contributed by atoms with Gasteiger partial charge >= 0.3 is 11.3 Å². The van der Waals surface area contributed by atoms with E-state index in [0.29, 0.717) is 5.56 Å². The van der Waals surface area contributed by atoms with Crippen LogP contribution in [0.5, 0.6) is 5.75 Å². The zero-order valence-electron chi connectivity index (χ0n) is 9.36. The van der Waals surface area contributed by atoms with Gasteiger partial charge in [-0.25, -0.2) is 9.18 Å². The van der Waals surface area contributed by atoms with Crippen LogP contribution in [0.25, 0.3) is 0 Å². The van der Waals surface area contributed by atoms with Gasteiger partial charge in [0, 0.05) is 6.92 Å². The highest BCUT2D eigenvalue weighted by atomic mass is 32.2. The Labute approximate surface area is 102 Å². The van der Waals surface area contributed by atoms with E-state index in [-0.39, 0.29) is 12.4 Å². The minimum atomic E-state index is -0.669. The van der Waals surface area contributed by atoms with Crippen LogP contribution in [0.3, 0.4) is 0 Å². The molecule has 0 N–H and O–H groups in total. The van der Waals surface area contributed by atoms with E-state index in [2.05, 4.69) is 0 Å². The molecule has 6 heteroatoms. The summed E-state index contributed by atoms with van der Waals surface area (Å²) in [7, 11) is 0. The Balaban J connectivity index is 2.72. The van der Waals surface area contributed by atoms with Crippen molar-refractivity contribution in [2.45, 2.75) is 13.5 Å². The summed E-state index contributed by atoms with van der Waals surface area (Å²) in [6.07, 6.45) is 1.54. The second kappa shape index (κ2) is 6.24. The third kappa shape index (κ3) is 4.44. The van der Waals surface area contributed by atoms with Crippen LogP contribution in [-0.4, -0.2) is 17.5 Å². The molecule has 0 aliphatic carbocycles. The largest absolute Gasteiger partial charge is 0.461 e. The molecule has 0 heterocycles. The van der Waals surface area contributed by atoms with Gasteiger partial charge in [0.05, 0.1) is 0 Å². The molecule has 92 valence electrons. The molecule has 17 heavy (non-hydrogen) atoms. The van der Waals surface area contributed by atoms with Gasteiger partial charge in [-0.15, -0.1) is 0 Å². The standard InChI is InChI=1S/C11H11FO4S/c1-7(13)15-6-8-3-4-10(9(12)5-8)16-11(14)17-2/h3-5H,6H2,1-2H3. The van der Waals surface area contributed by atoms with Crippen LogP contribution in [0, 0.1) is 5.82 Å². The summed E-state index contributed by atoms with van der Waals surface area (Å²) >= 11 is 0.850. The third-order valence-electron chi connectivity index (χ3n) is 1.80. The first-order valence-corrected chi connectivity index (χ1v) is 5.93. The van der Waals surface area contributed by atoms with Crippen molar-refractivity contribution in [1.29, 1.82) is 0 Å². The average molecular weight is 258 g/mol. The summed E-state index contributed by atoms with van der Waals surface area (Å²) in [4.78, 5) is 21.5. The van der Waals surface area contributed by atoms with Crippen LogP contribution in [0.2, 0.25) is 0 Å². The molecule has 0 aliphatic rings. The Morgan fingerprint density at radius 3 is 2.65 bits per heavy atom. The van der Waals surface area contributed by atoms with Crippen LogP contribution in [0.4, 0.5) is 9.18 Å². The van der Waals surface area contributed by atoms with Crippen LogP contribution in [-0.2, 0) is 16.1 Å². The van der Waals surface area contributed by atoms with E-state index < -0.39 is 17.1 Å². The lowest BCUT2D eigenvalue weighted by Gasteiger charge is -2.06. The minimum absolute atomic E-state index is 0.0109. The molecule has 0 spiro atoms. The summed E-state index contributed by atoms with van der Waals surface area (Å²) in [6, 6.07) is 4.00. The molecule has 0 saturated carbocycles. The average Bonchev–Trinajstić information content (AvgIpc) is 2.29. The topological polar surface area (TPSA) is 52.6 Å². The zero-order chi connectivity index (χ0) is 12.8. The first kappa shape index (κ1) is 13.5. The fraction of sp³-hybridized carbons (Fsp3) is 0.273. The molecule has 0 atom stereocenters. The molecule has 1 rings (SSSR count). The Hall–Kier alpha value is -1.56. The van der Waals surface area contributed by atoms with Crippen molar-refractivity contribution in [2.75, 3.05) is 6.26 Å². The van der Waals surface area contributed by atoms with Gasteiger partial charge in [0.15, 0.2) is 11.6 Å². The van der Waals surface area contributed by atoms with Crippen molar-refractivity contribution in [1.82, 2.24) is 0 Å². The lowest BCUT2D eigenvalue weighted by atomic mass is 10.2. The SMILES string of the molecule is CSC(=O)Oc1ccc(COC(C)=O)cc1F. The predicted octanol–water partition coefficient (Wildman–Crippen LogP) is 2.75. The zero-order valence-corrected chi connectivity index (χ0v) is 10.2. The van der Waals surface area contributed by atoms with E-state index in [4.69, 9.17) is 9.47 Å². The third-order valence-corrected chi connectivity index (χ3v) is 2.22. The maximum Gasteiger partial charge on any atom is 0.372 e. The number of carbonyl (C=O) groups excluding carboxylic acids is 2. The van der Waals surface area contributed by atoms with Gasteiger partial charge in [-0.05, 0) is 35.7 Å². The number of rotatable bonds is 3. The monoisotopic (exact) mass is 258 g/mol. The molecule has 1 aromatic rings. The van der Waals surface area contributed by atoms with Gasteiger partial charge in [0.2, 0.25) is 0 Å². The summed E-state index contributed by atoms with van der Waals surface area (Å²) in [5.74, 6) is -1.25. The van der Waals surface area contributed by atoms with Crippen molar-refractivity contribution in [3.05, 3.63) is 29.6 Å². The highest BCUT2D eigenvalue weighted by Crippen LogP contribution is 2.20. The van der Waals surface area contributed by atoms with Gasteiger partial charge in [0.25, 0.3) is 0 Å². The molecule has 0 amide bonds.